The van der Waals surface area contributed by atoms with E-state index >= 15 is 0 Å². The van der Waals surface area contributed by atoms with E-state index in [1.165, 1.54) is 0 Å². The lowest BCUT2D eigenvalue weighted by atomic mass is 10.2. The van der Waals surface area contributed by atoms with Gasteiger partial charge in [-0.3, -0.25) is 4.99 Å². The minimum Gasteiger partial charge on any atom is -0.370 e. The van der Waals surface area contributed by atoms with Crippen LogP contribution in [0.5, 0.6) is 0 Å². The van der Waals surface area contributed by atoms with Crippen LogP contribution < -0.4 is 16.4 Å². The minimum atomic E-state index is -4.50. The number of hydrogen-bond acceptors (Lipinski definition) is 4. The molecule has 0 atom stereocenters. The average molecular weight is 466 g/mol. The second kappa shape index (κ2) is 9.39. The first-order valence-corrected chi connectivity index (χ1v) is 7.12. The average Bonchev–Trinajstić information content (AvgIpc) is 2.51. The summed E-state index contributed by atoms with van der Waals surface area (Å²) in [7, 11) is 0. The normalized spacial score (nSPS) is 11.6. The Morgan fingerprint density at radius 1 is 1.28 bits per heavy atom. The van der Waals surface area contributed by atoms with E-state index in [0.29, 0.717) is 0 Å². The van der Waals surface area contributed by atoms with E-state index in [-0.39, 0.29) is 49.0 Å². The van der Waals surface area contributed by atoms with Crippen LogP contribution in [-0.2, 0) is 6.18 Å². The topological polar surface area (TPSA) is 88.2 Å². The molecule has 0 aliphatic rings. The largest absolute Gasteiger partial charge is 0.433 e. The molecule has 136 valence electrons. The van der Waals surface area contributed by atoms with Gasteiger partial charge in [0.1, 0.15) is 5.69 Å². The van der Waals surface area contributed by atoms with Crippen molar-refractivity contribution >= 4 is 41.6 Å². The first-order valence-electron chi connectivity index (χ1n) is 7.12. The summed E-state index contributed by atoms with van der Waals surface area (Å²) in [5.74, 6) is 0.109. The zero-order chi connectivity index (χ0) is 17.6. The molecular formula is C15H18F3IN6. The summed E-state index contributed by atoms with van der Waals surface area (Å²) in [6, 6.07) is 8.42. The van der Waals surface area contributed by atoms with Crippen LogP contribution in [0.2, 0.25) is 0 Å². The van der Waals surface area contributed by atoms with Crippen LogP contribution in [0.15, 0.2) is 41.5 Å². The third-order valence-electron chi connectivity index (χ3n) is 2.91. The number of rotatable bonds is 5. The Labute approximate surface area is 160 Å². The Kier molecular flexibility index (Phi) is 7.87. The first kappa shape index (κ1) is 20.9. The summed E-state index contributed by atoms with van der Waals surface area (Å²) in [5.41, 5.74) is 6.64. The molecule has 2 rings (SSSR count). The summed E-state index contributed by atoms with van der Waals surface area (Å²) in [6.45, 7) is 2.46. The molecule has 0 unspecified atom stereocenters. The Bertz CT molecular complexity index is 720. The zero-order valence-corrected chi connectivity index (χ0v) is 15.7. The van der Waals surface area contributed by atoms with Gasteiger partial charge in [0.25, 0.3) is 0 Å². The van der Waals surface area contributed by atoms with Crippen molar-refractivity contribution in [3.63, 3.8) is 0 Å². The molecule has 2 aromatic rings. The Balaban J connectivity index is 0.00000312. The maximum absolute atomic E-state index is 12.5. The highest BCUT2D eigenvalue weighted by atomic mass is 127. The highest BCUT2D eigenvalue weighted by Crippen LogP contribution is 2.27. The number of nitrogens with zero attached hydrogens (tertiary/aromatic N) is 3. The van der Waals surface area contributed by atoms with Gasteiger partial charge in [-0.1, -0.05) is 12.1 Å². The summed E-state index contributed by atoms with van der Waals surface area (Å²) in [6.07, 6.45) is -3.45. The number of benzene rings is 1. The Morgan fingerprint density at radius 3 is 2.72 bits per heavy atom. The minimum absolute atomic E-state index is 0. The Hall–Kier alpha value is -2.11. The summed E-state index contributed by atoms with van der Waals surface area (Å²) < 4.78 is 37.6. The second-order valence-electron chi connectivity index (χ2n) is 4.95. The maximum atomic E-state index is 12.5. The van der Waals surface area contributed by atoms with Crippen LogP contribution in [0.3, 0.4) is 0 Å². The van der Waals surface area contributed by atoms with Gasteiger partial charge in [0, 0.05) is 18.4 Å². The molecule has 10 heteroatoms. The number of aryl methyl sites for hydroxylation is 1. The SMILES string of the molecule is Cc1cccc(NC(N)=NCCNc2nccc(C(F)(F)F)n2)c1.I. The smallest absolute Gasteiger partial charge is 0.370 e. The molecule has 25 heavy (non-hydrogen) atoms. The lowest BCUT2D eigenvalue weighted by molar-refractivity contribution is -0.141. The highest BCUT2D eigenvalue weighted by Gasteiger charge is 2.32. The van der Waals surface area contributed by atoms with Crippen molar-refractivity contribution in [1.29, 1.82) is 0 Å². The van der Waals surface area contributed by atoms with E-state index < -0.39 is 11.9 Å². The molecular weight excluding hydrogens is 448 g/mol. The molecule has 0 aliphatic heterocycles. The van der Waals surface area contributed by atoms with Gasteiger partial charge in [0.05, 0.1) is 6.54 Å². The van der Waals surface area contributed by atoms with Crippen LogP contribution in [0, 0.1) is 6.92 Å². The molecule has 0 bridgehead atoms. The first-order chi connectivity index (χ1) is 11.3. The number of anilines is 2. The fraction of sp³-hybridized carbons (Fsp3) is 0.267. The van der Waals surface area contributed by atoms with Gasteiger partial charge in [-0.25, -0.2) is 9.97 Å². The molecule has 0 saturated carbocycles. The third kappa shape index (κ3) is 7.11. The van der Waals surface area contributed by atoms with Crippen molar-refractivity contribution in [1.82, 2.24) is 9.97 Å². The Morgan fingerprint density at radius 2 is 2.04 bits per heavy atom. The summed E-state index contributed by atoms with van der Waals surface area (Å²) >= 11 is 0. The number of halogens is 4. The van der Waals surface area contributed by atoms with Crippen molar-refractivity contribution in [3.05, 3.63) is 47.8 Å². The van der Waals surface area contributed by atoms with Gasteiger partial charge in [0.15, 0.2) is 5.96 Å². The van der Waals surface area contributed by atoms with Crippen molar-refractivity contribution in [2.45, 2.75) is 13.1 Å². The lowest BCUT2D eigenvalue weighted by Gasteiger charge is -2.08. The van der Waals surface area contributed by atoms with Crippen molar-refractivity contribution in [2.75, 3.05) is 23.7 Å². The molecule has 1 aromatic carbocycles. The van der Waals surface area contributed by atoms with Crippen molar-refractivity contribution in [2.24, 2.45) is 10.7 Å². The van der Waals surface area contributed by atoms with E-state index in [1.54, 1.807) is 0 Å². The second-order valence-corrected chi connectivity index (χ2v) is 4.95. The van der Waals surface area contributed by atoms with E-state index in [9.17, 15) is 13.2 Å². The number of aliphatic imine (C=N–C) groups is 1. The fourth-order valence-corrected chi connectivity index (χ4v) is 1.86. The van der Waals surface area contributed by atoms with Crippen LogP contribution in [0.25, 0.3) is 0 Å². The van der Waals surface area contributed by atoms with Gasteiger partial charge < -0.3 is 16.4 Å². The van der Waals surface area contributed by atoms with Gasteiger partial charge in [-0.15, -0.1) is 24.0 Å². The molecule has 1 aromatic heterocycles. The molecule has 4 N–H and O–H groups in total. The van der Waals surface area contributed by atoms with Crippen LogP contribution in [-0.4, -0.2) is 29.0 Å². The van der Waals surface area contributed by atoms with Gasteiger partial charge in [-0.2, -0.15) is 13.2 Å². The predicted octanol–water partition coefficient (Wildman–Crippen LogP) is 3.26. The molecule has 0 spiro atoms. The molecule has 6 nitrogen and oxygen atoms in total. The van der Waals surface area contributed by atoms with Gasteiger partial charge >= 0.3 is 6.18 Å². The van der Waals surface area contributed by atoms with Crippen LogP contribution in [0.4, 0.5) is 24.8 Å². The van der Waals surface area contributed by atoms with Crippen molar-refractivity contribution < 1.29 is 13.2 Å². The van der Waals surface area contributed by atoms with Gasteiger partial charge in [-0.05, 0) is 30.7 Å². The van der Waals surface area contributed by atoms with E-state index in [0.717, 1.165) is 23.5 Å². The lowest BCUT2D eigenvalue weighted by Crippen LogP contribution is -2.24. The maximum Gasteiger partial charge on any atom is 0.433 e. The predicted molar refractivity (Wildman–Crippen MR) is 102 cm³/mol. The quantitative estimate of drug-likeness (QED) is 0.273. The molecule has 0 radical (unpaired) electrons. The molecule has 0 aliphatic carbocycles. The molecule has 0 amide bonds. The zero-order valence-electron chi connectivity index (χ0n) is 13.3. The van der Waals surface area contributed by atoms with Crippen LogP contribution >= 0.6 is 24.0 Å². The number of alkyl halides is 3. The number of nitrogens with two attached hydrogens (primary N) is 1. The number of nitrogens with one attached hydrogen (secondary N) is 2. The highest BCUT2D eigenvalue weighted by molar-refractivity contribution is 14.0. The monoisotopic (exact) mass is 466 g/mol. The summed E-state index contributed by atoms with van der Waals surface area (Å²) in [5, 5.41) is 5.60. The van der Waals surface area contributed by atoms with E-state index in [1.807, 2.05) is 31.2 Å². The number of hydrogen-bond donors (Lipinski definition) is 3. The van der Waals surface area contributed by atoms with Crippen LogP contribution in [0.1, 0.15) is 11.3 Å². The van der Waals surface area contributed by atoms with Crippen molar-refractivity contribution in [3.8, 4) is 0 Å². The molecule has 0 fully saturated rings. The summed E-state index contributed by atoms with van der Waals surface area (Å²) in [4.78, 5) is 11.2. The fourth-order valence-electron chi connectivity index (χ4n) is 1.86. The molecule has 1 heterocycles. The third-order valence-corrected chi connectivity index (χ3v) is 2.91. The van der Waals surface area contributed by atoms with E-state index in [2.05, 4.69) is 25.6 Å². The number of aromatic nitrogens is 2. The molecule has 0 saturated heterocycles. The van der Waals surface area contributed by atoms with E-state index in [4.69, 9.17) is 5.73 Å². The standard InChI is InChI=1S/C15H17F3N6.HI/c1-10-3-2-4-11(9-10)23-13(19)20-7-8-22-14-21-6-5-12(24-14)15(16,17)18;/h2-6,9H,7-8H2,1H3,(H3,19,20,23)(H,21,22,24);1H. The van der Waals surface area contributed by atoms with Gasteiger partial charge in [0.2, 0.25) is 5.95 Å². The number of guanidine groups is 1.